The van der Waals surface area contributed by atoms with Crippen LogP contribution in [0.25, 0.3) is 31.3 Å². The van der Waals surface area contributed by atoms with Crippen molar-refractivity contribution in [2.24, 2.45) is 0 Å². The monoisotopic (exact) mass is 442 g/mol. The smallest absolute Gasteiger partial charge is 0.151 e. The molecule has 0 saturated heterocycles. The van der Waals surface area contributed by atoms with Gasteiger partial charge in [0, 0.05) is 43.8 Å². The summed E-state index contributed by atoms with van der Waals surface area (Å²) in [5, 5.41) is 2.41. The molecule has 3 heterocycles. The fraction of sp³-hybridized carbons (Fsp3) is 0. The second kappa shape index (κ2) is 7.19. The number of ether oxygens (including phenoxy) is 1. The fourth-order valence-corrected chi connectivity index (χ4v) is 5.81. The van der Waals surface area contributed by atoms with E-state index in [1.807, 2.05) is 54.1 Å². The van der Waals surface area contributed by atoms with Crippen molar-refractivity contribution < 1.29 is 4.74 Å². The van der Waals surface area contributed by atoms with E-state index in [-0.39, 0.29) is 0 Å². The summed E-state index contributed by atoms with van der Waals surface area (Å²) in [5.74, 6) is 1.72. The number of aromatic nitrogens is 1. The summed E-state index contributed by atoms with van der Waals surface area (Å²) in [6, 6.07) is 33.6. The van der Waals surface area contributed by atoms with Crippen molar-refractivity contribution in [3.8, 4) is 22.6 Å². The Labute approximate surface area is 195 Å². The number of benzene rings is 4. The number of nitrogens with zero attached hydrogens (tertiary/aromatic N) is 2. The number of anilines is 3. The molecule has 0 fully saturated rings. The number of hydrogen-bond acceptors (Lipinski definition) is 4. The molecule has 0 spiro atoms. The molecule has 1 aliphatic heterocycles. The van der Waals surface area contributed by atoms with Crippen LogP contribution < -0.4 is 9.64 Å². The molecule has 2 aromatic heterocycles. The molecule has 0 amide bonds. The quantitative estimate of drug-likeness (QED) is 0.268. The van der Waals surface area contributed by atoms with Gasteiger partial charge in [-0.25, -0.2) is 0 Å². The molecule has 33 heavy (non-hydrogen) atoms. The first-order valence-electron chi connectivity index (χ1n) is 10.9. The second-order valence-corrected chi connectivity index (χ2v) is 9.14. The highest BCUT2D eigenvalue weighted by molar-refractivity contribution is 7.26. The highest BCUT2D eigenvalue weighted by Gasteiger charge is 2.25. The largest absolute Gasteiger partial charge is 0.453 e. The summed E-state index contributed by atoms with van der Waals surface area (Å²) in [6.45, 7) is 0. The number of para-hydroxylation sites is 4. The minimum Gasteiger partial charge on any atom is -0.453 e. The van der Waals surface area contributed by atoms with Gasteiger partial charge in [-0.15, -0.1) is 11.3 Å². The van der Waals surface area contributed by atoms with E-state index in [0.717, 1.165) is 28.6 Å². The Hall–Kier alpha value is -4.15. The minimum absolute atomic E-state index is 0.861. The molecule has 0 aliphatic carbocycles. The van der Waals surface area contributed by atoms with E-state index in [0.29, 0.717) is 0 Å². The maximum Gasteiger partial charge on any atom is 0.151 e. The Morgan fingerprint density at radius 2 is 1.36 bits per heavy atom. The average Bonchev–Trinajstić information content (AvgIpc) is 3.26. The van der Waals surface area contributed by atoms with Crippen LogP contribution in [0.3, 0.4) is 0 Å². The summed E-state index contributed by atoms with van der Waals surface area (Å²) in [6.07, 6.45) is 3.97. The molecule has 0 atom stereocenters. The van der Waals surface area contributed by atoms with Gasteiger partial charge in [0.2, 0.25) is 0 Å². The standard InChI is InChI=1S/C29H18N2OS/c1-2-8-19(9-3-1)22-17-30-18-23-21-16-20(14-15-28(21)33-29(22)23)31-24-10-4-6-12-26(24)32-27-13-7-5-11-25(27)31/h1-18H. The van der Waals surface area contributed by atoms with Crippen LogP contribution in [-0.4, -0.2) is 4.98 Å². The highest BCUT2D eigenvalue weighted by atomic mass is 32.1. The van der Waals surface area contributed by atoms with E-state index in [9.17, 15) is 0 Å². The average molecular weight is 443 g/mol. The summed E-state index contributed by atoms with van der Waals surface area (Å²) in [5.41, 5.74) is 5.56. The zero-order valence-corrected chi connectivity index (χ0v) is 18.4. The van der Waals surface area contributed by atoms with E-state index in [2.05, 4.69) is 76.6 Å². The maximum absolute atomic E-state index is 6.19. The van der Waals surface area contributed by atoms with Crippen LogP contribution in [0.15, 0.2) is 109 Å². The van der Waals surface area contributed by atoms with Crippen LogP contribution in [0, 0.1) is 0 Å². The van der Waals surface area contributed by atoms with Crippen LogP contribution >= 0.6 is 11.3 Å². The number of thiophene rings is 1. The molecule has 156 valence electrons. The van der Waals surface area contributed by atoms with Crippen LogP contribution in [0.2, 0.25) is 0 Å². The van der Waals surface area contributed by atoms with Crippen molar-refractivity contribution in [2.75, 3.05) is 4.90 Å². The van der Waals surface area contributed by atoms with Gasteiger partial charge in [-0.1, -0.05) is 54.6 Å². The lowest BCUT2D eigenvalue weighted by Crippen LogP contribution is -2.15. The third-order valence-corrected chi connectivity index (χ3v) is 7.36. The van der Waals surface area contributed by atoms with Gasteiger partial charge in [-0.2, -0.15) is 0 Å². The van der Waals surface area contributed by atoms with E-state index in [1.54, 1.807) is 0 Å². The molecule has 1 aliphatic rings. The number of fused-ring (bicyclic) bond motifs is 5. The molecular formula is C29H18N2OS. The van der Waals surface area contributed by atoms with Gasteiger partial charge >= 0.3 is 0 Å². The van der Waals surface area contributed by atoms with Gasteiger partial charge in [0.05, 0.1) is 11.4 Å². The van der Waals surface area contributed by atoms with Crippen molar-refractivity contribution in [1.29, 1.82) is 0 Å². The van der Waals surface area contributed by atoms with Gasteiger partial charge in [0.1, 0.15) is 0 Å². The van der Waals surface area contributed by atoms with Crippen LogP contribution in [0.5, 0.6) is 11.5 Å². The van der Waals surface area contributed by atoms with Crippen molar-refractivity contribution in [3.63, 3.8) is 0 Å². The number of hydrogen-bond donors (Lipinski definition) is 0. The Morgan fingerprint density at radius 3 is 2.12 bits per heavy atom. The molecule has 4 heteroatoms. The zero-order chi connectivity index (χ0) is 21.8. The Morgan fingerprint density at radius 1 is 0.667 bits per heavy atom. The maximum atomic E-state index is 6.19. The van der Waals surface area contributed by atoms with Crippen molar-refractivity contribution in [3.05, 3.63) is 109 Å². The summed E-state index contributed by atoms with van der Waals surface area (Å²) in [4.78, 5) is 6.88. The summed E-state index contributed by atoms with van der Waals surface area (Å²) in [7, 11) is 0. The summed E-state index contributed by atoms with van der Waals surface area (Å²) >= 11 is 1.83. The topological polar surface area (TPSA) is 25.4 Å². The lowest BCUT2D eigenvalue weighted by molar-refractivity contribution is 0.477. The van der Waals surface area contributed by atoms with Crippen LogP contribution in [-0.2, 0) is 0 Å². The molecule has 0 bridgehead atoms. The van der Waals surface area contributed by atoms with Gasteiger partial charge in [-0.05, 0) is 48.0 Å². The number of pyridine rings is 1. The Bertz CT molecular complexity index is 1610. The zero-order valence-electron chi connectivity index (χ0n) is 17.6. The SMILES string of the molecule is c1ccc(-c2cncc3c2sc2ccc(N4c5ccccc5Oc5ccccc54)cc23)cc1. The second-order valence-electron chi connectivity index (χ2n) is 8.09. The molecule has 0 unspecified atom stereocenters. The molecule has 0 radical (unpaired) electrons. The van der Waals surface area contributed by atoms with E-state index in [4.69, 9.17) is 4.74 Å². The third kappa shape index (κ3) is 2.85. The van der Waals surface area contributed by atoms with Crippen molar-refractivity contribution in [2.45, 2.75) is 0 Å². The predicted molar refractivity (Wildman–Crippen MR) is 137 cm³/mol. The molecule has 7 rings (SSSR count). The molecule has 4 aromatic carbocycles. The summed E-state index contributed by atoms with van der Waals surface area (Å²) < 4.78 is 8.71. The van der Waals surface area contributed by atoms with Gasteiger partial charge < -0.3 is 9.64 Å². The van der Waals surface area contributed by atoms with Gasteiger partial charge in [0.25, 0.3) is 0 Å². The third-order valence-electron chi connectivity index (χ3n) is 6.14. The minimum atomic E-state index is 0.861. The van der Waals surface area contributed by atoms with Crippen molar-refractivity contribution in [1.82, 2.24) is 4.98 Å². The number of rotatable bonds is 2. The molecule has 3 nitrogen and oxygen atoms in total. The lowest BCUT2D eigenvalue weighted by atomic mass is 10.1. The van der Waals surface area contributed by atoms with Gasteiger partial charge in [0.15, 0.2) is 11.5 Å². The van der Waals surface area contributed by atoms with E-state index in [1.165, 1.54) is 31.3 Å². The normalized spacial score (nSPS) is 12.4. The predicted octanol–water partition coefficient (Wildman–Crippen LogP) is 8.69. The first kappa shape index (κ1) is 18.4. The molecular weight excluding hydrogens is 424 g/mol. The van der Waals surface area contributed by atoms with Crippen LogP contribution in [0.4, 0.5) is 17.1 Å². The molecule has 0 saturated carbocycles. The van der Waals surface area contributed by atoms with Crippen molar-refractivity contribution >= 4 is 48.6 Å². The van der Waals surface area contributed by atoms with Gasteiger partial charge in [-0.3, -0.25) is 4.98 Å². The van der Waals surface area contributed by atoms with Crippen LogP contribution in [0.1, 0.15) is 0 Å². The molecule has 6 aromatic rings. The Balaban J connectivity index is 1.46. The molecule has 0 N–H and O–H groups in total. The first-order chi connectivity index (χ1) is 16.4. The lowest BCUT2D eigenvalue weighted by Gasteiger charge is -2.32. The van der Waals surface area contributed by atoms with E-state index >= 15 is 0 Å². The fourth-order valence-electron chi connectivity index (χ4n) is 4.62. The van der Waals surface area contributed by atoms with E-state index < -0.39 is 0 Å². The highest BCUT2D eigenvalue weighted by Crippen LogP contribution is 2.51. The first-order valence-corrected chi connectivity index (χ1v) is 11.7. The Kier molecular flexibility index (Phi) is 4.01.